The molecule has 2 fully saturated rings. The van der Waals surface area contributed by atoms with Gasteiger partial charge in [-0.05, 0) is 38.0 Å². The maximum Gasteiger partial charge on any atom is 0.256 e. The Morgan fingerprint density at radius 2 is 1.90 bits per heavy atom. The first-order chi connectivity index (χ1) is 13.9. The fraction of sp³-hybridized carbons (Fsp3) is 0.571. The molecule has 0 spiro atoms. The molecular formula is C21H29ClN4O3. The summed E-state index contributed by atoms with van der Waals surface area (Å²) in [4.78, 5) is 43.0. The van der Waals surface area contributed by atoms with Crippen LogP contribution < -0.4 is 10.2 Å². The molecule has 0 radical (unpaired) electrons. The fourth-order valence-corrected chi connectivity index (χ4v) is 3.88. The van der Waals surface area contributed by atoms with Crippen LogP contribution in [0.2, 0.25) is 5.02 Å². The van der Waals surface area contributed by atoms with Crippen molar-refractivity contribution in [1.82, 2.24) is 15.1 Å². The van der Waals surface area contributed by atoms with Crippen molar-refractivity contribution < 1.29 is 14.4 Å². The van der Waals surface area contributed by atoms with Crippen LogP contribution in [0, 0.1) is 0 Å². The van der Waals surface area contributed by atoms with Crippen LogP contribution in [0.1, 0.15) is 43.5 Å². The third kappa shape index (κ3) is 5.28. The van der Waals surface area contributed by atoms with Crippen molar-refractivity contribution in [2.75, 3.05) is 44.2 Å². The summed E-state index contributed by atoms with van der Waals surface area (Å²) in [6, 6.07) is 5.27. The number of carbonyl (C=O) groups excluding carboxylic acids is 3. The second kappa shape index (κ2) is 9.59. The molecule has 3 amide bonds. The van der Waals surface area contributed by atoms with Crippen molar-refractivity contribution in [2.45, 2.75) is 39.2 Å². The van der Waals surface area contributed by atoms with Crippen LogP contribution in [0.5, 0.6) is 0 Å². The minimum absolute atomic E-state index is 0.0201. The molecule has 7 nitrogen and oxygen atoms in total. The topological polar surface area (TPSA) is 73.0 Å². The molecule has 1 unspecified atom stereocenters. The van der Waals surface area contributed by atoms with Gasteiger partial charge in [0.1, 0.15) is 0 Å². The standard InChI is InChI=1S/C21H29ClN4O3/c1-3-15(2)23-19(27)14-24-9-11-25(12-10-24)21(29)17-7-6-16(22)13-18(17)26-8-4-5-20(26)28/h6-7,13,15H,3-5,8-12,14H2,1-2H3,(H,23,27). The van der Waals surface area contributed by atoms with Gasteiger partial charge in [-0.3, -0.25) is 19.3 Å². The number of anilines is 1. The summed E-state index contributed by atoms with van der Waals surface area (Å²) in [7, 11) is 0. The van der Waals surface area contributed by atoms with E-state index in [4.69, 9.17) is 11.6 Å². The first-order valence-electron chi connectivity index (χ1n) is 10.3. The monoisotopic (exact) mass is 420 g/mol. The molecule has 0 aromatic heterocycles. The highest BCUT2D eigenvalue weighted by molar-refractivity contribution is 6.31. The van der Waals surface area contributed by atoms with Crippen molar-refractivity contribution in [3.8, 4) is 0 Å². The maximum atomic E-state index is 13.2. The van der Waals surface area contributed by atoms with Gasteiger partial charge in [0.25, 0.3) is 5.91 Å². The molecule has 0 saturated carbocycles. The highest BCUT2D eigenvalue weighted by Gasteiger charge is 2.29. The normalized spacial score (nSPS) is 18.8. The number of carbonyl (C=O) groups is 3. The van der Waals surface area contributed by atoms with Crippen LogP contribution in [-0.2, 0) is 9.59 Å². The molecule has 158 valence electrons. The maximum absolute atomic E-state index is 13.2. The zero-order chi connectivity index (χ0) is 21.0. The van der Waals surface area contributed by atoms with Gasteiger partial charge in [-0.15, -0.1) is 0 Å². The van der Waals surface area contributed by atoms with Gasteiger partial charge in [0.15, 0.2) is 0 Å². The van der Waals surface area contributed by atoms with E-state index in [-0.39, 0.29) is 23.8 Å². The average Bonchev–Trinajstić information content (AvgIpc) is 3.13. The molecule has 1 aromatic rings. The Bertz CT molecular complexity index is 777. The molecule has 2 aliphatic rings. The first-order valence-corrected chi connectivity index (χ1v) is 10.7. The Morgan fingerprint density at radius 3 is 2.52 bits per heavy atom. The molecule has 1 atom stereocenters. The van der Waals surface area contributed by atoms with E-state index in [1.54, 1.807) is 28.0 Å². The van der Waals surface area contributed by atoms with Gasteiger partial charge in [-0.2, -0.15) is 0 Å². The molecule has 2 saturated heterocycles. The molecule has 1 N–H and O–H groups in total. The number of rotatable bonds is 6. The number of nitrogens with zero attached hydrogens (tertiary/aromatic N) is 3. The minimum atomic E-state index is -0.0972. The van der Waals surface area contributed by atoms with E-state index in [0.717, 1.165) is 12.8 Å². The Balaban J connectivity index is 1.63. The number of halogens is 1. The third-order valence-corrected chi connectivity index (χ3v) is 5.84. The van der Waals surface area contributed by atoms with Gasteiger partial charge >= 0.3 is 0 Å². The van der Waals surface area contributed by atoms with E-state index in [1.807, 2.05) is 13.8 Å². The number of nitrogens with one attached hydrogen (secondary N) is 1. The number of piperazine rings is 1. The molecule has 0 bridgehead atoms. The Labute approximate surface area is 177 Å². The summed E-state index contributed by atoms with van der Waals surface area (Å²) < 4.78 is 0. The van der Waals surface area contributed by atoms with Gasteiger partial charge in [-0.25, -0.2) is 0 Å². The van der Waals surface area contributed by atoms with Gasteiger partial charge in [0.2, 0.25) is 11.8 Å². The first kappa shape index (κ1) is 21.6. The van der Waals surface area contributed by atoms with E-state index in [1.165, 1.54) is 0 Å². The summed E-state index contributed by atoms with van der Waals surface area (Å²) >= 11 is 6.14. The van der Waals surface area contributed by atoms with Crippen LogP contribution >= 0.6 is 11.6 Å². The van der Waals surface area contributed by atoms with Crippen LogP contribution in [-0.4, -0.2) is 72.8 Å². The molecular weight excluding hydrogens is 392 g/mol. The molecule has 0 aliphatic carbocycles. The van der Waals surface area contributed by atoms with Crippen molar-refractivity contribution in [1.29, 1.82) is 0 Å². The van der Waals surface area contributed by atoms with E-state index in [0.29, 0.717) is 62.0 Å². The lowest BCUT2D eigenvalue weighted by molar-refractivity contribution is -0.123. The van der Waals surface area contributed by atoms with Crippen molar-refractivity contribution in [3.63, 3.8) is 0 Å². The van der Waals surface area contributed by atoms with E-state index >= 15 is 0 Å². The highest BCUT2D eigenvalue weighted by Crippen LogP contribution is 2.29. The molecule has 2 aliphatic heterocycles. The lowest BCUT2D eigenvalue weighted by Crippen LogP contribution is -2.51. The second-order valence-electron chi connectivity index (χ2n) is 7.76. The zero-order valence-electron chi connectivity index (χ0n) is 17.1. The SMILES string of the molecule is CCC(C)NC(=O)CN1CCN(C(=O)c2ccc(Cl)cc2N2CCCC2=O)CC1. The van der Waals surface area contributed by atoms with Gasteiger partial charge in [0, 0.05) is 50.2 Å². The molecule has 1 aromatic carbocycles. The summed E-state index contributed by atoms with van der Waals surface area (Å²) in [5.41, 5.74) is 1.10. The van der Waals surface area contributed by atoms with E-state index < -0.39 is 0 Å². The Hall–Kier alpha value is -2.12. The van der Waals surface area contributed by atoms with E-state index in [9.17, 15) is 14.4 Å². The van der Waals surface area contributed by atoms with Crippen LogP contribution in [0.4, 0.5) is 5.69 Å². The second-order valence-corrected chi connectivity index (χ2v) is 8.19. The average molecular weight is 421 g/mol. The third-order valence-electron chi connectivity index (χ3n) is 5.60. The van der Waals surface area contributed by atoms with Crippen molar-refractivity contribution in [3.05, 3.63) is 28.8 Å². The molecule has 8 heteroatoms. The van der Waals surface area contributed by atoms with Crippen LogP contribution in [0.25, 0.3) is 0 Å². The van der Waals surface area contributed by atoms with Gasteiger partial charge < -0.3 is 15.1 Å². The Morgan fingerprint density at radius 1 is 1.17 bits per heavy atom. The predicted molar refractivity (Wildman–Crippen MR) is 113 cm³/mol. The molecule has 29 heavy (non-hydrogen) atoms. The number of benzene rings is 1. The lowest BCUT2D eigenvalue weighted by atomic mass is 10.1. The van der Waals surface area contributed by atoms with Gasteiger partial charge in [-0.1, -0.05) is 18.5 Å². The van der Waals surface area contributed by atoms with Crippen LogP contribution in [0.15, 0.2) is 18.2 Å². The number of hydrogen-bond acceptors (Lipinski definition) is 4. The Kier molecular flexibility index (Phi) is 7.14. The number of amides is 3. The summed E-state index contributed by atoms with van der Waals surface area (Å²) in [6.45, 7) is 7.37. The lowest BCUT2D eigenvalue weighted by Gasteiger charge is -2.35. The zero-order valence-corrected chi connectivity index (χ0v) is 17.9. The quantitative estimate of drug-likeness (QED) is 0.765. The highest BCUT2D eigenvalue weighted by atomic mass is 35.5. The summed E-state index contributed by atoms with van der Waals surface area (Å²) in [5, 5.41) is 3.48. The van der Waals surface area contributed by atoms with Crippen molar-refractivity contribution >= 4 is 35.0 Å². The van der Waals surface area contributed by atoms with Crippen molar-refractivity contribution in [2.24, 2.45) is 0 Å². The number of hydrogen-bond donors (Lipinski definition) is 1. The summed E-state index contributed by atoms with van der Waals surface area (Å²) in [6.07, 6.45) is 2.19. The largest absolute Gasteiger partial charge is 0.353 e. The predicted octanol–water partition coefficient (Wildman–Crippen LogP) is 2.14. The smallest absolute Gasteiger partial charge is 0.256 e. The molecule has 3 rings (SSSR count). The van der Waals surface area contributed by atoms with Gasteiger partial charge in [0.05, 0.1) is 17.8 Å². The molecule has 2 heterocycles. The fourth-order valence-electron chi connectivity index (χ4n) is 3.72. The van der Waals surface area contributed by atoms with Crippen LogP contribution in [0.3, 0.4) is 0 Å². The minimum Gasteiger partial charge on any atom is -0.353 e. The summed E-state index contributed by atoms with van der Waals surface area (Å²) in [5.74, 6) is -0.0508. The van der Waals surface area contributed by atoms with E-state index in [2.05, 4.69) is 10.2 Å².